The Morgan fingerprint density at radius 1 is 0.848 bits per heavy atom. The molecule has 1 amide bonds. The molecule has 5 rings (SSSR count). The highest BCUT2D eigenvalue weighted by molar-refractivity contribution is 7.12. The first-order valence-electron chi connectivity index (χ1n) is 15.3. The van der Waals surface area contributed by atoms with E-state index in [-0.39, 0.29) is 19.8 Å². The molecule has 4 aromatic heterocycles. The lowest BCUT2D eigenvalue weighted by atomic mass is 10.2. The second-order valence-corrected chi connectivity index (χ2v) is 16.1. The van der Waals surface area contributed by atoms with E-state index in [9.17, 15) is 9.59 Å². The highest BCUT2D eigenvalue weighted by Crippen LogP contribution is 2.21. The van der Waals surface area contributed by atoms with Gasteiger partial charge >= 0.3 is 12.1 Å². The number of amides is 1. The smallest absolute Gasteiger partial charge is 0.407 e. The van der Waals surface area contributed by atoms with Crippen LogP contribution in [0, 0.1) is 13.8 Å². The number of hydrogen-bond acceptors (Lipinski definition) is 12. The van der Waals surface area contributed by atoms with Gasteiger partial charge in [0.2, 0.25) is 0 Å². The molecule has 0 spiro atoms. The molecule has 0 aliphatic carbocycles. The summed E-state index contributed by atoms with van der Waals surface area (Å²) in [4.78, 5) is 36.6. The second-order valence-electron chi connectivity index (χ2n) is 11.4. The van der Waals surface area contributed by atoms with E-state index in [0.29, 0.717) is 0 Å². The number of nitrogens with one attached hydrogen (secondary N) is 1. The lowest BCUT2D eigenvalue weighted by Crippen LogP contribution is -2.34. The van der Waals surface area contributed by atoms with E-state index >= 15 is 0 Å². The zero-order valence-electron chi connectivity index (χ0n) is 27.3. The topological polar surface area (TPSA) is 120 Å². The summed E-state index contributed by atoms with van der Waals surface area (Å²) in [6.07, 6.45) is 5.76. The summed E-state index contributed by atoms with van der Waals surface area (Å²) in [7, 11) is 0. The van der Waals surface area contributed by atoms with Gasteiger partial charge in [-0.3, -0.25) is 4.79 Å². The number of nitrogens with zero attached hydrogens (tertiary/aromatic N) is 2. The third-order valence-corrected chi connectivity index (χ3v) is 10.0. The minimum absolute atomic E-state index is 0.153. The van der Waals surface area contributed by atoms with Crippen molar-refractivity contribution in [2.75, 3.05) is 19.8 Å². The highest BCUT2D eigenvalue weighted by Gasteiger charge is 2.17. The zero-order chi connectivity index (χ0) is 33.4. The van der Waals surface area contributed by atoms with Gasteiger partial charge in [0.1, 0.15) is 18.8 Å². The van der Waals surface area contributed by atoms with Gasteiger partial charge in [0, 0.05) is 43.5 Å². The summed E-state index contributed by atoms with van der Waals surface area (Å²) in [6.45, 7) is 11.5. The van der Waals surface area contributed by atoms with Crippen molar-refractivity contribution in [3.8, 4) is 0 Å². The number of rotatable bonds is 11. The molecule has 1 fully saturated rings. The van der Waals surface area contributed by atoms with E-state index in [0.717, 1.165) is 64.4 Å². The molecule has 0 radical (unpaired) electrons. The molecule has 0 bridgehead atoms. The SMILES string of the molecule is C1CCOC1.Cc1nc(CCc2ccc(CO)s2)cs1.Cc1nc(CCc2ccc(COC(=O)NCC(=O)OC(C)(C)C)s2)cs1. The second kappa shape index (κ2) is 19.9. The van der Waals surface area contributed by atoms with E-state index in [1.54, 1.807) is 66.1 Å². The van der Waals surface area contributed by atoms with Gasteiger partial charge < -0.3 is 24.6 Å². The Bertz CT molecular complexity index is 1460. The van der Waals surface area contributed by atoms with Gasteiger partial charge in [-0.25, -0.2) is 14.8 Å². The quantitative estimate of drug-likeness (QED) is 0.154. The molecule has 46 heavy (non-hydrogen) atoms. The molecule has 1 aliphatic heterocycles. The minimum Gasteiger partial charge on any atom is -0.459 e. The van der Waals surface area contributed by atoms with Crippen LogP contribution in [-0.2, 0) is 57.9 Å². The van der Waals surface area contributed by atoms with Crippen molar-refractivity contribution in [2.45, 2.75) is 92.0 Å². The summed E-state index contributed by atoms with van der Waals surface area (Å²) in [5.41, 5.74) is 1.71. The van der Waals surface area contributed by atoms with Gasteiger partial charge in [0.05, 0.1) is 28.0 Å². The monoisotopic (exact) mass is 707 g/mol. The van der Waals surface area contributed by atoms with Crippen LogP contribution < -0.4 is 5.32 Å². The van der Waals surface area contributed by atoms with Crippen molar-refractivity contribution in [3.05, 3.63) is 75.9 Å². The van der Waals surface area contributed by atoms with Gasteiger partial charge in [-0.1, -0.05) is 0 Å². The van der Waals surface area contributed by atoms with E-state index < -0.39 is 17.7 Å². The molecule has 5 heterocycles. The van der Waals surface area contributed by atoms with Crippen LogP contribution in [0.3, 0.4) is 0 Å². The van der Waals surface area contributed by atoms with Gasteiger partial charge in [-0.05, 0) is 97.4 Å². The van der Waals surface area contributed by atoms with Crippen molar-refractivity contribution < 1.29 is 28.9 Å². The first-order valence-corrected chi connectivity index (χ1v) is 18.7. The maximum Gasteiger partial charge on any atom is 0.407 e. The van der Waals surface area contributed by atoms with E-state index in [4.69, 9.17) is 19.3 Å². The Morgan fingerprint density at radius 3 is 1.80 bits per heavy atom. The standard InChI is InChI=1S/C18H24N2O4S2.C11H13NOS2.C4H8O/c1-12-20-13(11-25-12)5-6-14-7-8-15(26-14)10-23-17(22)19-9-16(21)24-18(2,3)4;1-8-12-9(7-14-8)2-3-10-4-5-11(6-13)15-10;1-2-4-5-3-1/h7-8,11H,5-6,9-10H2,1-4H3,(H,19,22);4-5,7,13H,2-3,6H2,1H3;1-4H2. The van der Waals surface area contributed by atoms with Crippen molar-refractivity contribution in [1.29, 1.82) is 0 Å². The molecule has 1 aliphatic rings. The number of thiophene rings is 2. The van der Waals surface area contributed by atoms with E-state index in [2.05, 4.69) is 32.1 Å². The maximum atomic E-state index is 11.7. The number of alkyl carbamates (subject to hydrolysis) is 1. The van der Waals surface area contributed by atoms with Crippen LogP contribution in [0.4, 0.5) is 4.79 Å². The summed E-state index contributed by atoms with van der Waals surface area (Å²) < 4.78 is 15.2. The van der Waals surface area contributed by atoms with Gasteiger partial charge in [-0.15, -0.1) is 45.3 Å². The molecule has 9 nitrogen and oxygen atoms in total. The normalized spacial score (nSPS) is 12.5. The molecule has 0 saturated carbocycles. The number of hydrogen-bond donors (Lipinski definition) is 2. The number of esters is 1. The van der Waals surface area contributed by atoms with Crippen LogP contribution in [0.15, 0.2) is 35.0 Å². The van der Waals surface area contributed by atoms with Crippen LogP contribution in [0.2, 0.25) is 0 Å². The van der Waals surface area contributed by atoms with Crippen molar-refractivity contribution >= 4 is 57.4 Å². The Balaban J connectivity index is 0.000000239. The maximum absolute atomic E-state index is 11.7. The molecular weight excluding hydrogens is 663 g/mol. The fourth-order valence-corrected chi connectivity index (χ4v) is 7.15. The number of aryl methyl sites for hydroxylation is 6. The molecule has 4 aromatic rings. The number of carbonyl (C=O) groups excluding carboxylic acids is 2. The molecule has 0 aromatic carbocycles. The minimum atomic E-state index is -0.635. The van der Waals surface area contributed by atoms with Crippen LogP contribution in [-0.4, -0.2) is 52.5 Å². The average Bonchev–Trinajstić information content (AvgIpc) is 3.85. The molecule has 13 heteroatoms. The highest BCUT2D eigenvalue weighted by atomic mass is 32.1. The van der Waals surface area contributed by atoms with E-state index in [1.807, 2.05) is 32.0 Å². The number of aromatic nitrogens is 2. The Labute approximate surface area is 288 Å². The van der Waals surface area contributed by atoms with Crippen molar-refractivity contribution in [2.24, 2.45) is 0 Å². The summed E-state index contributed by atoms with van der Waals surface area (Å²) in [5.74, 6) is -0.495. The molecule has 2 N–H and O–H groups in total. The first-order chi connectivity index (χ1) is 22.0. The third kappa shape index (κ3) is 15.7. The number of carbonyl (C=O) groups is 2. The molecule has 252 valence electrons. The lowest BCUT2D eigenvalue weighted by molar-refractivity contribution is -0.153. The Kier molecular flexibility index (Phi) is 16.3. The van der Waals surface area contributed by atoms with Crippen LogP contribution in [0.1, 0.15) is 74.5 Å². The summed E-state index contributed by atoms with van der Waals surface area (Å²) in [6, 6.07) is 8.08. The molecule has 0 atom stereocenters. The molecule has 0 unspecified atom stereocenters. The summed E-state index contributed by atoms with van der Waals surface area (Å²) >= 11 is 6.66. The lowest BCUT2D eigenvalue weighted by Gasteiger charge is -2.19. The predicted octanol–water partition coefficient (Wildman–Crippen LogP) is 7.45. The van der Waals surface area contributed by atoms with Gasteiger partial charge in [-0.2, -0.15) is 0 Å². The van der Waals surface area contributed by atoms with Crippen LogP contribution in [0.25, 0.3) is 0 Å². The molecular formula is C33H45N3O6S4. The van der Waals surface area contributed by atoms with Gasteiger partial charge in [0.15, 0.2) is 0 Å². The zero-order valence-corrected chi connectivity index (χ0v) is 30.5. The fraction of sp³-hybridized carbons (Fsp3) is 0.515. The van der Waals surface area contributed by atoms with Gasteiger partial charge in [0.25, 0.3) is 0 Å². The first kappa shape index (κ1) is 37.8. The summed E-state index contributed by atoms with van der Waals surface area (Å²) in [5, 5.41) is 17.8. The van der Waals surface area contributed by atoms with E-state index in [1.165, 1.54) is 28.3 Å². The number of aliphatic hydroxyl groups excluding tert-OH is 1. The average molecular weight is 708 g/mol. The number of thiazole rings is 2. The number of aliphatic hydroxyl groups is 1. The van der Waals surface area contributed by atoms with Crippen molar-refractivity contribution in [3.63, 3.8) is 0 Å². The van der Waals surface area contributed by atoms with Crippen molar-refractivity contribution in [1.82, 2.24) is 15.3 Å². The van der Waals surface area contributed by atoms with Crippen LogP contribution >= 0.6 is 45.3 Å². The largest absolute Gasteiger partial charge is 0.459 e. The third-order valence-electron chi connectivity index (χ3n) is 6.15. The Hall–Kier alpha value is -2.68. The fourth-order valence-electron chi connectivity index (χ4n) is 4.04. The molecule has 1 saturated heterocycles. The predicted molar refractivity (Wildman–Crippen MR) is 187 cm³/mol. The Morgan fingerprint density at radius 2 is 1.37 bits per heavy atom. The van der Waals surface area contributed by atoms with Crippen LogP contribution in [0.5, 0.6) is 0 Å². The number of ether oxygens (including phenoxy) is 3.